The van der Waals surface area contributed by atoms with E-state index in [1.807, 2.05) is 0 Å². The highest BCUT2D eigenvalue weighted by Crippen LogP contribution is 2.26. The molecule has 19 heavy (non-hydrogen) atoms. The Morgan fingerprint density at radius 3 is 2.16 bits per heavy atom. The van der Waals surface area contributed by atoms with Crippen molar-refractivity contribution in [3.05, 3.63) is 0 Å². The average molecular weight is 267 g/mol. The van der Waals surface area contributed by atoms with E-state index in [2.05, 4.69) is 42.9 Å². The van der Waals surface area contributed by atoms with Crippen molar-refractivity contribution < 1.29 is 0 Å². The second-order valence-corrected chi connectivity index (χ2v) is 7.27. The van der Waals surface area contributed by atoms with Gasteiger partial charge in [-0.2, -0.15) is 0 Å². The number of nitrogens with one attached hydrogen (secondary N) is 1. The SMILES string of the molecule is CNC1(C)CCN(C2CCN(CC(C)C)CC2)CC1. The Hall–Kier alpha value is -0.120. The molecule has 2 rings (SSSR count). The van der Waals surface area contributed by atoms with E-state index in [1.54, 1.807) is 0 Å². The second kappa shape index (κ2) is 6.55. The maximum absolute atomic E-state index is 3.50. The highest BCUT2D eigenvalue weighted by Gasteiger charge is 2.32. The molecular formula is C16H33N3. The highest BCUT2D eigenvalue weighted by molar-refractivity contribution is 4.91. The molecule has 2 fully saturated rings. The molecule has 2 aliphatic rings. The first kappa shape index (κ1) is 15.3. The molecular weight excluding hydrogens is 234 g/mol. The molecule has 0 unspecified atom stereocenters. The van der Waals surface area contributed by atoms with Gasteiger partial charge in [0.1, 0.15) is 0 Å². The van der Waals surface area contributed by atoms with E-state index in [9.17, 15) is 0 Å². The molecule has 2 heterocycles. The van der Waals surface area contributed by atoms with Crippen molar-refractivity contribution in [2.45, 2.75) is 58.0 Å². The van der Waals surface area contributed by atoms with Gasteiger partial charge >= 0.3 is 0 Å². The molecule has 0 spiro atoms. The molecule has 3 heteroatoms. The lowest BCUT2D eigenvalue weighted by atomic mass is 9.88. The summed E-state index contributed by atoms with van der Waals surface area (Å²) in [5.41, 5.74) is 0.384. The van der Waals surface area contributed by atoms with Gasteiger partial charge in [-0.05, 0) is 58.7 Å². The number of hydrogen-bond acceptors (Lipinski definition) is 3. The van der Waals surface area contributed by atoms with E-state index in [-0.39, 0.29) is 0 Å². The molecule has 0 aromatic heterocycles. The van der Waals surface area contributed by atoms with Crippen LogP contribution >= 0.6 is 0 Å². The lowest BCUT2D eigenvalue weighted by molar-refractivity contribution is 0.0636. The molecule has 0 aliphatic carbocycles. The molecule has 0 aromatic carbocycles. The van der Waals surface area contributed by atoms with E-state index in [4.69, 9.17) is 0 Å². The number of rotatable bonds is 4. The van der Waals surface area contributed by atoms with E-state index in [0.29, 0.717) is 5.54 Å². The quantitative estimate of drug-likeness (QED) is 0.842. The van der Waals surface area contributed by atoms with Crippen LogP contribution in [0.15, 0.2) is 0 Å². The molecule has 0 amide bonds. The van der Waals surface area contributed by atoms with Crippen molar-refractivity contribution in [2.75, 3.05) is 39.8 Å². The van der Waals surface area contributed by atoms with Crippen LogP contribution in [0.1, 0.15) is 46.5 Å². The third-order valence-electron chi connectivity index (χ3n) is 5.20. The zero-order valence-electron chi connectivity index (χ0n) is 13.4. The Labute approximate surface area is 119 Å². The first-order valence-electron chi connectivity index (χ1n) is 8.18. The van der Waals surface area contributed by atoms with Gasteiger partial charge in [0, 0.05) is 31.2 Å². The van der Waals surface area contributed by atoms with Crippen LogP contribution < -0.4 is 5.32 Å². The maximum atomic E-state index is 3.50. The first-order valence-corrected chi connectivity index (χ1v) is 8.18. The topological polar surface area (TPSA) is 18.5 Å². The van der Waals surface area contributed by atoms with Crippen LogP contribution in [0, 0.1) is 5.92 Å². The zero-order valence-corrected chi connectivity index (χ0v) is 13.4. The van der Waals surface area contributed by atoms with Crippen LogP contribution in [0.5, 0.6) is 0 Å². The molecule has 0 aromatic rings. The Kier molecular flexibility index (Phi) is 5.27. The van der Waals surface area contributed by atoms with Gasteiger partial charge in [-0.1, -0.05) is 13.8 Å². The van der Waals surface area contributed by atoms with Gasteiger partial charge in [0.2, 0.25) is 0 Å². The summed E-state index contributed by atoms with van der Waals surface area (Å²) < 4.78 is 0. The third-order valence-corrected chi connectivity index (χ3v) is 5.20. The minimum Gasteiger partial charge on any atom is -0.314 e. The van der Waals surface area contributed by atoms with Gasteiger partial charge < -0.3 is 15.1 Å². The van der Waals surface area contributed by atoms with E-state index in [0.717, 1.165) is 12.0 Å². The van der Waals surface area contributed by atoms with E-state index < -0.39 is 0 Å². The van der Waals surface area contributed by atoms with Crippen LogP contribution in [0.4, 0.5) is 0 Å². The minimum absolute atomic E-state index is 0.384. The molecule has 3 nitrogen and oxygen atoms in total. The van der Waals surface area contributed by atoms with Crippen LogP contribution in [0.2, 0.25) is 0 Å². The number of hydrogen-bond donors (Lipinski definition) is 1. The van der Waals surface area contributed by atoms with Gasteiger partial charge in [0.15, 0.2) is 0 Å². The fraction of sp³-hybridized carbons (Fsp3) is 1.00. The third kappa shape index (κ3) is 4.17. The number of nitrogens with zero attached hydrogens (tertiary/aromatic N) is 2. The van der Waals surface area contributed by atoms with Crippen molar-refractivity contribution >= 4 is 0 Å². The normalized spacial score (nSPS) is 27.0. The maximum Gasteiger partial charge on any atom is 0.0174 e. The van der Waals surface area contributed by atoms with Crippen molar-refractivity contribution in [1.82, 2.24) is 15.1 Å². The monoisotopic (exact) mass is 267 g/mol. The molecule has 0 radical (unpaired) electrons. The van der Waals surface area contributed by atoms with Crippen LogP contribution in [-0.2, 0) is 0 Å². The molecule has 2 saturated heterocycles. The minimum atomic E-state index is 0.384. The summed E-state index contributed by atoms with van der Waals surface area (Å²) in [6, 6.07) is 0.852. The second-order valence-electron chi connectivity index (χ2n) is 7.27. The summed E-state index contributed by atoms with van der Waals surface area (Å²) in [7, 11) is 2.11. The molecule has 2 aliphatic heterocycles. The smallest absolute Gasteiger partial charge is 0.0174 e. The highest BCUT2D eigenvalue weighted by atomic mass is 15.2. The van der Waals surface area contributed by atoms with Crippen molar-refractivity contribution in [1.29, 1.82) is 0 Å². The van der Waals surface area contributed by atoms with Crippen molar-refractivity contribution in [2.24, 2.45) is 5.92 Å². The van der Waals surface area contributed by atoms with Crippen LogP contribution in [0.3, 0.4) is 0 Å². The average Bonchev–Trinajstić information content (AvgIpc) is 2.40. The standard InChI is InChI=1S/C16H33N3/c1-14(2)13-18-9-5-15(6-10-18)19-11-7-16(3,17-4)8-12-19/h14-15,17H,5-13H2,1-4H3. The van der Waals surface area contributed by atoms with Gasteiger partial charge in [-0.25, -0.2) is 0 Å². The van der Waals surface area contributed by atoms with Crippen molar-refractivity contribution in [3.8, 4) is 0 Å². The predicted molar refractivity (Wildman–Crippen MR) is 82.6 cm³/mol. The first-order chi connectivity index (χ1) is 9.02. The lowest BCUT2D eigenvalue weighted by Gasteiger charge is -2.45. The van der Waals surface area contributed by atoms with E-state index >= 15 is 0 Å². The van der Waals surface area contributed by atoms with Gasteiger partial charge in [0.05, 0.1) is 0 Å². The predicted octanol–water partition coefficient (Wildman–Crippen LogP) is 2.18. The zero-order chi connectivity index (χ0) is 13.9. The molecule has 0 atom stereocenters. The van der Waals surface area contributed by atoms with Crippen LogP contribution in [-0.4, -0.2) is 61.2 Å². The van der Waals surface area contributed by atoms with Gasteiger partial charge in [0.25, 0.3) is 0 Å². The number of likely N-dealkylation sites (tertiary alicyclic amines) is 2. The Morgan fingerprint density at radius 1 is 1.11 bits per heavy atom. The Morgan fingerprint density at radius 2 is 1.68 bits per heavy atom. The fourth-order valence-corrected chi connectivity index (χ4v) is 3.62. The van der Waals surface area contributed by atoms with Gasteiger partial charge in [-0.15, -0.1) is 0 Å². The van der Waals surface area contributed by atoms with E-state index in [1.165, 1.54) is 58.4 Å². The summed E-state index contributed by atoms with van der Waals surface area (Å²) in [6.45, 7) is 13.5. The fourth-order valence-electron chi connectivity index (χ4n) is 3.62. The number of piperidine rings is 2. The van der Waals surface area contributed by atoms with Crippen LogP contribution in [0.25, 0.3) is 0 Å². The summed E-state index contributed by atoms with van der Waals surface area (Å²) in [5, 5.41) is 3.50. The van der Waals surface area contributed by atoms with Gasteiger partial charge in [-0.3, -0.25) is 0 Å². The summed E-state index contributed by atoms with van der Waals surface area (Å²) in [4.78, 5) is 5.41. The summed E-state index contributed by atoms with van der Waals surface area (Å²) in [6.07, 6.45) is 5.36. The van der Waals surface area contributed by atoms with Crippen molar-refractivity contribution in [3.63, 3.8) is 0 Å². The molecule has 0 saturated carbocycles. The molecule has 1 N–H and O–H groups in total. The Bertz CT molecular complexity index is 261. The molecule has 0 bridgehead atoms. The largest absolute Gasteiger partial charge is 0.314 e. The molecule has 112 valence electrons. The summed E-state index contributed by atoms with van der Waals surface area (Å²) in [5.74, 6) is 0.808. The summed E-state index contributed by atoms with van der Waals surface area (Å²) >= 11 is 0. The lowest BCUT2D eigenvalue weighted by Crippen LogP contribution is -2.54. The Balaban J connectivity index is 1.74.